The van der Waals surface area contributed by atoms with Gasteiger partial charge in [0.1, 0.15) is 11.6 Å². The van der Waals surface area contributed by atoms with Crippen LogP contribution in [-0.2, 0) is 4.79 Å². The Morgan fingerprint density at radius 1 is 1.33 bits per heavy atom. The molecule has 0 saturated carbocycles. The maximum atomic E-state index is 13.0. The molecular formula is C16H18FNO2S. The van der Waals surface area contributed by atoms with Crippen molar-refractivity contribution in [3.63, 3.8) is 0 Å². The molecule has 0 aliphatic heterocycles. The van der Waals surface area contributed by atoms with Gasteiger partial charge in [0.05, 0.1) is 6.04 Å². The number of ether oxygens (including phenoxy) is 1. The highest BCUT2D eigenvalue weighted by molar-refractivity contribution is 7.10. The van der Waals surface area contributed by atoms with E-state index in [1.54, 1.807) is 23.5 Å². The summed E-state index contributed by atoms with van der Waals surface area (Å²) in [7, 11) is 0. The lowest BCUT2D eigenvalue weighted by atomic mass is 10.0. The summed E-state index contributed by atoms with van der Waals surface area (Å²) in [6.45, 7) is 3.98. The number of benzene rings is 1. The van der Waals surface area contributed by atoms with E-state index in [0.717, 1.165) is 4.88 Å². The molecule has 0 bridgehead atoms. The first kappa shape index (κ1) is 15.5. The number of rotatable bonds is 6. The van der Waals surface area contributed by atoms with Gasteiger partial charge in [0.15, 0.2) is 6.61 Å². The number of nitrogens with one attached hydrogen (secondary N) is 1. The van der Waals surface area contributed by atoms with E-state index >= 15 is 0 Å². The number of carbonyl (C=O) groups excluding carboxylic acids is 1. The molecule has 0 aliphatic carbocycles. The Kier molecular flexibility index (Phi) is 5.33. The van der Waals surface area contributed by atoms with Crippen LogP contribution in [0.4, 0.5) is 4.39 Å². The molecule has 0 radical (unpaired) electrons. The molecule has 1 heterocycles. The molecule has 3 nitrogen and oxygen atoms in total. The average Bonchev–Trinajstić information content (AvgIpc) is 2.96. The second-order valence-electron chi connectivity index (χ2n) is 5.05. The van der Waals surface area contributed by atoms with Gasteiger partial charge >= 0.3 is 0 Å². The predicted molar refractivity (Wildman–Crippen MR) is 81.9 cm³/mol. The van der Waals surface area contributed by atoms with E-state index in [2.05, 4.69) is 19.2 Å². The van der Waals surface area contributed by atoms with Gasteiger partial charge in [-0.15, -0.1) is 11.3 Å². The van der Waals surface area contributed by atoms with Crippen molar-refractivity contribution in [2.75, 3.05) is 6.61 Å². The summed E-state index contributed by atoms with van der Waals surface area (Å²) in [5.41, 5.74) is 0. The summed E-state index contributed by atoms with van der Waals surface area (Å²) >= 11 is 1.61. The number of hydrogen-bond donors (Lipinski definition) is 1. The van der Waals surface area contributed by atoms with E-state index in [-0.39, 0.29) is 30.3 Å². The molecule has 0 aliphatic rings. The first-order chi connectivity index (χ1) is 10.1. The first-order valence-corrected chi connectivity index (χ1v) is 7.65. The van der Waals surface area contributed by atoms with Crippen molar-refractivity contribution in [3.05, 3.63) is 52.5 Å². The Morgan fingerprint density at radius 2 is 2.14 bits per heavy atom. The molecule has 0 unspecified atom stereocenters. The molecule has 5 heteroatoms. The lowest BCUT2D eigenvalue weighted by Gasteiger charge is -2.21. The highest BCUT2D eigenvalue weighted by Crippen LogP contribution is 2.25. The molecule has 0 spiro atoms. The van der Waals surface area contributed by atoms with E-state index in [0.29, 0.717) is 5.75 Å². The van der Waals surface area contributed by atoms with E-state index < -0.39 is 0 Å². The molecule has 1 amide bonds. The standard InChI is InChI=1S/C16H18FNO2S/c1-11(2)16(14-7-4-8-21-14)18-15(19)10-20-13-6-3-5-12(17)9-13/h3-9,11,16H,10H2,1-2H3,(H,18,19)/t16-/m1/s1. The highest BCUT2D eigenvalue weighted by Gasteiger charge is 2.19. The first-order valence-electron chi connectivity index (χ1n) is 6.77. The van der Waals surface area contributed by atoms with Gasteiger partial charge in [-0.1, -0.05) is 26.0 Å². The summed E-state index contributed by atoms with van der Waals surface area (Å²) in [4.78, 5) is 13.1. The minimum atomic E-state index is -0.383. The maximum absolute atomic E-state index is 13.0. The van der Waals surface area contributed by atoms with Crippen LogP contribution in [0.2, 0.25) is 0 Å². The maximum Gasteiger partial charge on any atom is 0.258 e. The van der Waals surface area contributed by atoms with Crippen molar-refractivity contribution in [1.29, 1.82) is 0 Å². The molecule has 21 heavy (non-hydrogen) atoms. The zero-order chi connectivity index (χ0) is 15.2. The summed E-state index contributed by atoms with van der Waals surface area (Å²) < 4.78 is 18.3. The third kappa shape index (κ3) is 4.56. The average molecular weight is 307 g/mol. The number of amides is 1. The topological polar surface area (TPSA) is 38.3 Å². The molecule has 0 fully saturated rings. The highest BCUT2D eigenvalue weighted by atomic mass is 32.1. The Bertz CT molecular complexity index is 584. The third-order valence-corrected chi connectivity index (χ3v) is 3.95. The second-order valence-corrected chi connectivity index (χ2v) is 6.03. The van der Waals surface area contributed by atoms with Crippen molar-refractivity contribution in [1.82, 2.24) is 5.32 Å². The minimum Gasteiger partial charge on any atom is -0.484 e. The van der Waals surface area contributed by atoms with Gasteiger partial charge in [-0.25, -0.2) is 4.39 Å². The van der Waals surface area contributed by atoms with Gasteiger partial charge in [0.2, 0.25) is 0 Å². The molecule has 1 N–H and O–H groups in total. The van der Waals surface area contributed by atoms with E-state index in [1.165, 1.54) is 12.1 Å². The van der Waals surface area contributed by atoms with Gasteiger partial charge in [-0.2, -0.15) is 0 Å². The van der Waals surface area contributed by atoms with Gasteiger partial charge < -0.3 is 10.1 Å². The van der Waals surface area contributed by atoms with Crippen molar-refractivity contribution in [2.24, 2.45) is 5.92 Å². The van der Waals surface area contributed by atoms with Crippen molar-refractivity contribution >= 4 is 17.2 Å². The van der Waals surface area contributed by atoms with Gasteiger partial charge in [-0.3, -0.25) is 4.79 Å². The Morgan fingerprint density at radius 3 is 2.76 bits per heavy atom. The van der Waals surface area contributed by atoms with Crippen LogP contribution in [0, 0.1) is 11.7 Å². The SMILES string of the molecule is CC(C)[C@@H](NC(=O)COc1cccc(F)c1)c1cccs1. The molecule has 1 aromatic carbocycles. The molecule has 2 aromatic rings. The number of halogens is 1. The molecule has 1 atom stereocenters. The Balaban J connectivity index is 1.91. The predicted octanol–water partition coefficient (Wildman–Crippen LogP) is 3.78. The fraction of sp³-hybridized carbons (Fsp3) is 0.312. The van der Waals surface area contributed by atoms with Gasteiger partial charge in [0, 0.05) is 10.9 Å². The van der Waals surface area contributed by atoms with E-state index in [1.807, 2.05) is 17.5 Å². The monoisotopic (exact) mass is 307 g/mol. The molecule has 112 valence electrons. The summed E-state index contributed by atoms with van der Waals surface area (Å²) in [5.74, 6) is 0.0297. The van der Waals surface area contributed by atoms with Crippen LogP contribution in [0.25, 0.3) is 0 Å². The largest absolute Gasteiger partial charge is 0.484 e. The summed E-state index contributed by atoms with van der Waals surface area (Å²) in [6, 6.07) is 9.69. The smallest absolute Gasteiger partial charge is 0.258 e. The van der Waals surface area contributed by atoms with E-state index in [9.17, 15) is 9.18 Å². The Hall–Kier alpha value is -1.88. The van der Waals surface area contributed by atoms with Crippen molar-refractivity contribution in [2.45, 2.75) is 19.9 Å². The van der Waals surface area contributed by atoms with Crippen LogP contribution < -0.4 is 10.1 Å². The lowest BCUT2D eigenvalue weighted by Crippen LogP contribution is -2.34. The summed E-state index contributed by atoms with van der Waals surface area (Å²) in [6.07, 6.45) is 0. The third-order valence-electron chi connectivity index (χ3n) is 3.00. The normalized spacial score (nSPS) is 12.2. The fourth-order valence-corrected chi connectivity index (χ4v) is 2.90. The second kappa shape index (κ2) is 7.22. The number of hydrogen-bond acceptors (Lipinski definition) is 3. The van der Waals surface area contributed by atoms with Gasteiger partial charge in [-0.05, 0) is 29.5 Å². The van der Waals surface area contributed by atoms with Crippen LogP contribution in [-0.4, -0.2) is 12.5 Å². The van der Waals surface area contributed by atoms with Crippen LogP contribution in [0.5, 0.6) is 5.75 Å². The molecular weight excluding hydrogens is 289 g/mol. The number of thiophene rings is 1. The van der Waals surface area contributed by atoms with Crippen LogP contribution in [0.1, 0.15) is 24.8 Å². The Labute approximate surface area is 127 Å². The van der Waals surface area contributed by atoms with Gasteiger partial charge in [0.25, 0.3) is 5.91 Å². The molecule has 2 rings (SSSR count). The van der Waals surface area contributed by atoms with Crippen LogP contribution in [0.15, 0.2) is 41.8 Å². The fourth-order valence-electron chi connectivity index (χ4n) is 1.96. The summed E-state index contributed by atoms with van der Waals surface area (Å²) in [5, 5.41) is 4.94. The van der Waals surface area contributed by atoms with E-state index in [4.69, 9.17) is 4.74 Å². The zero-order valence-electron chi connectivity index (χ0n) is 12.0. The van der Waals surface area contributed by atoms with Crippen LogP contribution in [0.3, 0.4) is 0 Å². The zero-order valence-corrected chi connectivity index (χ0v) is 12.8. The molecule has 0 saturated heterocycles. The molecule has 1 aromatic heterocycles. The lowest BCUT2D eigenvalue weighted by molar-refractivity contribution is -0.124. The van der Waals surface area contributed by atoms with Crippen molar-refractivity contribution < 1.29 is 13.9 Å². The van der Waals surface area contributed by atoms with Crippen LogP contribution >= 0.6 is 11.3 Å². The quantitative estimate of drug-likeness (QED) is 0.882. The minimum absolute atomic E-state index is 0.0337. The van der Waals surface area contributed by atoms with Crippen molar-refractivity contribution in [3.8, 4) is 5.75 Å². The number of carbonyl (C=O) groups is 1.